The number of ether oxygens (including phenoxy) is 1. The highest BCUT2D eigenvalue weighted by Crippen LogP contribution is 2.19. The molecule has 3 N–H and O–H groups in total. The van der Waals surface area contributed by atoms with Gasteiger partial charge in [-0.2, -0.15) is 11.3 Å². The first-order valence-electron chi connectivity index (χ1n) is 6.21. The lowest BCUT2D eigenvalue weighted by Gasteiger charge is -2.16. The molecule has 0 radical (unpaired) electrons. The molecule has 6 heteroatoms. The third-order valence-electron chi connectivity index (χ3n) is 2.82. The highest BCUT2D eigenvalue weighted by Gasteiger charge is 2.15. The molecular formula is C14H17N3O2S. The smallest absolute Gasteiger partial charge is 0.341 e. The van der Waals surface area contributed by atoms with Crippen LogP contribution in [-0.4, -0.2) is 24.1 Å². The molecule has 106 valence electrons. The number of pyridine rings is 1. The van der Waals surface area contributed by atoms with Crippen molar-refractivity contribution in [2.45, 2.75) is 19.4 Å². The maximum atomic E-state index is 11.7. The zero-order valence-electron chi connectivity index (χ0n) is 11.4. The van der Waals surface area contributed by atoms with Gasteiger partial charge in [0.25, 0.3) is 0 Å². The lowest BCUT2D eigenvalue weighted by atomic mass is 10.1. The fourth-order valence-electron chi connectivity index (χ4n) is 1.91. The summed E-state index contributed by atoms with van der Waals surface area (Å²) in [5, 5.41) is 7.38. The minimum Gasteiger partial charge on any atom is -0.465 e. The number of anilines is 2. The van der Waals surface area contributed by atoms with Crippen molar-refractivity contribution < 1.29 is 9.53 Å². The van der Waals surface area contributed by atoms with Crippen LogP contribution in [0, 0.1) is 0 Å². The molecule has 0 aromatic carbocycles. The van der Waals surface area contributed by atoms with Crippen molar-refractivity contribution >= 4 is 28.8 Å². The van der Waals surface area contributed by atoms with Crippen LogP contribution < -0.4 is 11.1 Å². The Labute approximate surface area is 121 Å². The van der Waals surface area contributed by atoms with Gasteiger partial charge in [-0.05, 0) is 41.8 Å². The summed E-state index contributed by atoms with van der Waals surface area (Å²) in [7, 11) is 1.34. The molecule has 0 bridgehead atoms. The van der Waals surface area contributed by atoms with Crippen LogP contribution in [0.2, 0.25) is 0 Å². The molecule has 20 heavy (non-hydrogen) atoms. The number of nitrogens with two attached hydrogens (primary N) is 1. The standard InChI is InChI=1S/C14H17N3O2S/c1-9(5-10-3-4-20-8-10)17-13-12(14(18)19-2)6-11(15)7-16-13/h3-4,6-9H,5,15H2,1-2H3,(H,16,17). The van der Waals surface area contributed by atoms with Crippen molar-refractivity contribution in [1.82, 2.24) is 4.98 Å². The summed E-state index contributed by atoms with van der Waals surface area (Å²) in [4.78, 5) is 15.9. The van der Waals surface area contributed by atoms with Gasteiger partial charge in [0.2, 0.25) is 0 Å². The molecule has 0 amide bonds. The number of hydrogen-bond acceptors (Lipinski definition) is 6. The maximum Gasteiger partial charge on any atom is 0.341 e. The maximum absolute atomic E-state index is 11.7. The van der Waals surface area contributed by atoms with Gasteiger partial charge in [0.15, 0.2) is 0 Å². The fourth-order valence-corrected chi connectivity index (χ4v) is 2.59. The van der Waals surface area contributed by atoms with Gasteiger partial charge in [0.05, 0.1) is 19.0 Å². The van der Waals surface area contributed by atoms with E-state index in [1.807, 2.05) is 12.3 Å². The van der Waals surface area contributed by atoms with Crippen molar-refractivity contribution in [1.29, 1.82) is 0 Å². The van der Waals surface area contributed by atoms with Gasteiger partial charge in [-0.15, -0.1) is 0 Å². The Morgan fingerprint density at radius 1 is 1.60 bits per heavy atom. The summed E-state index contributed by atoms with van der Waals surface area (Å²) >= 11 is 1.67. The Morgan fingerprint density at radius 2 is 2.40 bits per heavy atom. The van der Waals surface area contributed by atoms with Crippen LogP contribution in [0.15, 0.2) is 29.1 Å². The molecule has 0 fully saturated rings. The van der Waals surface area contributed by atoms with E-state index in [-0.39, 0.29) is 6.04 Å². The predicted octanol–water partition coefficient (Wildman–Crippen LogP) is 2.56. The van der Waals surface area contributed by atoms with Gasteiger partial charge in [-0.25, -0.2) is 9.78 Å². The molecular weight excluding hydrogens is 274 g/mol. The molecule has 0 saturated heterocycles. The molecule has 2 rings (SSSR count). The molecule has 1 atom stereocenters. The van der Waals surface area contributed by atoms with Crippen LogP contribution in [0.25, 0.3) is 0 Å². The minimum atomic E-state index is -0.449. The number of nitrogens with one attached hydrogen (secondary N) is 1. The minimum absolute atomic E-state index is 0.143. The van der Waals surface area contributed by atoms with Crippen molar-refractivity contribution in [3.63, 3.8) is 0 Å². The Kier molecular flexibility index (Phi) is 4.57. The van der Waals surface area contributed by atoms with E-state index < -0.39 is 5.97 Å². The number of carbonyl (C=O) groups is 1. The number of carbonyl (C=O) groups excluding carboxylic acids is 1. The summed E-state index contributed by atoms with van der Waals surface area (Å²) in [6, 6.07) is 3.79. The van der Waals surface area contributed by atoms with E-state index >= 15 is 0 Å². The second-order valence-electron chi connectivity index (χ2n) is 4.54. The number of thiophene rings is 1. The monoisotopic (exact) mass is 291 g/mol. The zero-order chi connectivity index (χ0) is 14.5. The Balaban J connectivity index is 2.14. The first-order valence-corrected chi connectivity index (χ1v) is 7.16. The Morgan fingerprint density at radius 3 is 3.05 bits per heavy atom. The van der Waals surface area contributed by atoms with E-state index in [0.29, 0.717) is 17.1 Å². The molecule has 1 unspecified atom stereocenters. The molecule has 0 spiro atoms. The van der Waals surface area contributed by atoms with E-state index in [4.69, 9.17) is 10.5 Å². The van der Waals surface area contributed by atoms with E-state index in [1.54, 1.807) is 17.4 Å². The van der Waals surface area contributed by atoms with Crippen molar-refractivity contribution in [3.8, 4) is 0 Å². The third kappa shape index (κ3) is 3.48. The Bertz CT molecular complexity index is 584. The van der Waals surface area contributed by atoms with Crippen molar-refractivity contribution in [2.24, 2.45) is 0 Å². The average molecular weight is 291 g/mol. The SMILES string of the molecule is COC(=O)c1cc(N)cnc1NC(C)Cc1ccsc1. The molecule has 0 aliphatic heterocycles. The first-order chi connectivity index (χ1) is 9.60. The van der Waals surface area contributed by atoms with Gasteiger partial charge in [-0.3, -0.25) is 0 Å². The number of aromatic nitrogens is 1. The van der Waals surface area contributed by atoms with E-state index in [2.05, 4.69) is 21.7 Å². The largest absolute Gasteiger partial charge is 0.465 e. The highest BCUT2D eigenvalue weighted by molar-refractivity contribution is 7.07. The van der Waals surface area contributed by atoms with Gasteiger partial charge < -0.3 is 15.8 Å². The number of nitrogens with zero attached hydrogens (tertiary/aromatic N) is 1. The molecule has 2 heterocycles. The molecule has 2 aromatic rings. The first kappa shape index (κ1) is 14.3. The number of rotatable bonds is 5. The molecule has 5 nitrogen and oxygen atoms in total. The number of nitrogen functional groups attached to an aromatic ring is 1. The number of esters is 1. The lowest BCUT2D eigenvalue weighted by molar-refractivity contribution is 0.0601. The van der Waals surface area contributed by atoms with Gasteiger partial charge in [0, 0.05) is 6.04 Å². The Hall–Kier alpha value is -2.08. The molecule has 2 aromatic heterocycles. The quantitative estimate of drug-likeness (QED) is 0.828. The number of methoxy groups -OCH3 is 1. The van der Waals surface area contributed by atoms with E-state index in [0.717, 1.165) is 6.42 Å². The molecule has 0 aliphatic rings. The molecule has 0 aliphatic carbocycles. The van der Waals surface area contributed by atoms with Crippen molar-refractivity contribution in [2.75, 3.05) is 18.2 Å². The second kappa shape index (κ2) is 6.38. The van der Waals surface area contributed by atoms with Crippen molar-refractivity contribution in [3.05, 3.63) is 40.2 Å². The van der Waals surface area contributed by atoms with Gasteiger partial charge in [0.1, 0.15) is 11.4 Å². The van der Waals surface area contributed by atoms with Crippen LogP contribution in [0.5, 0.6) is 0 Å². The van der Waals surface area contributed by atoms with Crippen LogP contribution in [-0.2, 0) is 11.2 Å². The summed E-state index contributed by atoms with van der Waals surface area (Å²) < 4.78 is 4.75. The van der Waals surface area contributed by atoms with E-state index in [1.165, 1.54) is 18.9 Å². The summed E-state index contributed by atoms with van der Waals surface area (Å²) in [5.74, 6) is 0.0452. The summed E-state index contributed by atoms with van der Waals surface area (Å²) in [6.45, 7) is 2.04. The van der Waals surface area contributed by atoms with Gasteiger partial charge >= 0.3 is 5.97 Å². The van der Waals surface area contributed by atoms with Crippen LogP contribution >= 0.6 is 11.3 Å². The normalized spacial score (nSPS) is 11.9. The average Bonchev–Trinajstić information content (AvgIpc) is 2.92. The topological polar surface area (TPSA) is 77.2 Å². The molecule has 0 saturated carbocycles. The second-order valence-corrected chi connectivity index (χ2v) is 5.32. The van der Waals surface area contributed by atoms with Gasteiger partial charge in [-0.1, -0.05) is 0 Å². The summed E-state index contributed by atoms with van der Waals surface area (Å²) in [6.07, 6.45) is 2.38. The van der Waals surface area contributed by atoms with Crippen LogP contribution in [0.1, 0.15) is 22.8 Å². The zero-order valence-corrected chi connectivity index (χ0v) is 12.2. The van der Waals surface area contributed by atoms with Crippen LogP contribution in [0.3, 0.4) is 0 Å². The number of hydrogen-bond donors (Lipinski definition) is 2. The highest BCUT2D eigenvalue weighted by atomic mass is 32.1. The van der Waals surface area contributed by atoms with Crippen LogP contribution in [0.4, 0.5) is 11.5 Å². The fraction of sp³-hybridized carbons (Fsp3) is 0.286. The predicted molar refractivity (Wildman–Crippen MR) is 81.1 cm³/mol. The van der Waals surface area contributed by atoms with E-state index in [9.17, 15) is 4.79 Å². The lowest BCUT2D eigenvalue weighted by Crippen LogP contribution is -2.21. The summed E-state index contributed by atoms with van der Waals surface area (Å²) in [5.41, 5.74) is 7.70. The third-order valence-corrected chi connectivity index (χ3v) is 3.55.